The fraction of sp³-hybridized carbons (Fsp3) is 0.455. The number of ether oxygens (including phenoxy) is 1. The van der Waals surface area contributed by atoms with Crippen LogP contribution in [-0.4, -0.2) is 46.7 Å². The van der Waals surface area contributed by atoms with Crippen molar-refractivity contribution in [1.82, 2.24) is 20.5 Å². The number of piperidine rings is 1. The van der Waals surface area contributed by atoms with Crippen LogP contribution in [0.2, 0.25) is 0 Å². The summed E-state index contributed by atoms with van der Waals surface area (Å²) in [6.45, 7) is 8.73. The summed E-state index contributed by atoms with van der Waals surface area (Å²) in [5, 5.41) is 16.1. The van der Waals surface area contributed by atoms with Crippen LogP contribution < -0.4 is 10.6 Å². The van der Waals surface area contributed by atoms with E-state index < -0.39 is 5.60 Å². The number of nitriles is 1. The zero-order valence-corrected chi connectivity index (χ0v) is 17.9. The SMILES string of the molecule is CC1=CNC(=NC2CCN(C(=O)OC(C)(C)C)CC2)NC1=C(C#N)c1ccccn1. The number of pyridine rings is 1. The van der Waals surface area contributed by atoms with E-state index in [-0.39, 0.29) is 12.1 Å². The molecule has 3 rings (SSSR count). The number of carbonyl (C=O) groups excluding carboxylic acids is 1. The second kappa shape index (κ2) is 8.99. The topological polar surface area (TPSA) is 103 Å². The molecule has 0 spiro atoms. The van der Waals surface area contributed by atoms with E-state index in [1.54, 1.807) is 11.1 Å². The van der Waals surface area contributed by atoms with Crippen LogP contribution in [0.1, 0.15) is 46.2 Å². The van der Waals surface area contributed by atoms with Crippen molar-refractivity contribution >= 4 is 17.6 Å². The molecule has 3 heterocycles. The van der Waals surface area contributed by atoms with E-state index in [1.165, 1.54) is 0 Å². The van der Waals surface area contributed by atoms with Crippen LogP contribution in [0.3, 0.4) is 0 Å². The normalized spacial score (nSPS) is 20.6. The molecule has 1 amide bonds. The average Bonchev–Trinajstić information content (AvgIpc) is 2.71. The van der Waals surface area contributed by atoms with Crippen molar-refractivity contribution in [2.45, 2.75) is 52.2 Å². The Morgan fingerprint density at radius 1 is 1.33 bits per heavy atom. The standard InChI is InChI=1S/C22H28N6O2/c1-15-14-25-20(27-19(15)17(13-23)18-7-5-6-10-24-18)26-16-8-11-28(12-9-16)21(29)30-22(2,3)4/h5-7,10,14,16H,8-9,11-12H2,1-4H3,(H2,25,26,27). The number of aliphatic imine (C=N–C) groups is 1. The minimum Gasteiger partial charge on any atom is -0.444 e. The van der Waals surface area contributed by atoms with Crippen molar-refractivity contribution in [3.63, 3.8) is 0 Å². The molecule has 0 unspecified atom stereocenters. The first-order chi connectivity index (χ1) is 14.3. The van der Waals surface area contributed by atoms with Gasteiger partial charge < -0.3 is 20.3 Å². The first-order valence-electron chi connectivity index (χ1n) is 10.1. The fourth-order valence-corrected chi connectivity index (χ4v) is 3.27. The largest absolute Gasteiger partial charge is 0.444 e. The van der Waals surface area contributed by atoms with Gasteiger partial charge in [0.05, 0.1) is 17.4 Å². The van der Waals surface area contributed by atoms with Gasteiger partial charge in [0, 0.05) is 25.5 Å². The number of rotatable bonds is 2. The van der Waals surface area contributed by atoms with Gasteiger partial charge in [0.2, 0.25) is 0 Å². The molecule has 0 radical (unpaired) electrons. The van der Waals surface area contributed by atoms with Crippen molar-refractivity contribution in [1.29, 1.82) is 5.26 Å². The average molecular weight is 409 g/mol. The summed E-state index contributed by atoms with van der Waals surface area (Å²) in [5.74, 6) is 0.593. The third-order valence-corrected chi connectivity index (χ3v) is 4.77. The summed E-state index contributed by atoms with van der Waals surface area (Å²) < 4.78 is 5.45. The molecule has 158 valence electrons. The van der Waals surface area contributed by atoms with Crippen molar-refractivity contribution < 1.29 is 9.53 Å². The summed E-state index contributed by atoms with van der Waals surface area (Å²) in [5.41, 5.74) is 2.18. The molecule has 2 aliphatic rings. The highest BCUT2D eigenvalue weighted by Crippen LogP contribution is 2.22. The molecule has 0 bridgehead atoms. The summed E-state index contributed by atoms with van der Waals surface area (Å²) in [6, 6.07) is 7.81. The summed E-state index contributed by atoms with van der Waals surface area (Å²) in [4.78, 5) is 23.0. The van der Waals surface area contributed by atoms with Crippen molar-refractivity contribution in [2.24, 2.45) is 4.99 Å². The highest BCUT2D eigenvalue weighted by Gasteiger charge is 2.27. The molecule has 1 fully saturated rings. The van der Waals surface area contributed by atoms with E-state index in [9.17, 15) is 10.1 Å². The highest BCUT2D eigenvalue weighted by atomic mass is 16.6. The van der Waals surface area contributed by atoms with Crippen LogP contribution >= 0.6 is 0 Å². The number of hydrogen-bond donors (Lipinski definition) is 2. The van der Waals surface area contributed by atoms with Gasteiger partial charge in [0.25, 0.3) is 0 Å². The zero-order chi connectivity index (χ0) is 21.7. The number of likely N-dealkylation sites (tertiary alicyclic amines) is 1. The van der Waals surface area contributed by atoms with E-state index in [4.69, 9.17) is 9.73 Å². The van der Waals surface area contributed by atoms with Gasteiger partial charge in [-0.1, -0.05) is 6.07 Å². The lowest BCUT2D eigenvalue weighted by molar-refractivity contribution is 0.0207. The van der Waals surface area contributed by atoms with Gasteiger partial charge >= 0.3 is 6.09 Å². The van der Waals surface area contributed by atoms with Crippen LogP contribution in [0.15, 0.2) is 46.9 Å². The molecule has 0 aliphatic carbocycles. The Balaban J connectivity index is 1.69. The second-order valence-corrected chi connectivity index (χ2v) is 8.35. The Bertz CT molecular complexity index is 913. The molecule has 0 saturated carbocycles. The summed E-state index contributed by atoms with van der Waals surface area (Å²) in [6.07, 6.45) is 4.72. The maximum absolute atomic E-state index is 12.2. The predicted molar refractivity (Wildman–Crippen MR) is 115 cm³/mol. The molecule has 8 heteroatoms. The quantitative estimate of drug-likeness (QED) is 0.729. The van der Waals surface area contributed by atoms with Crippen LogP contribution in [0.5, 0.6) is 0 Å². The Morgan fingerprint density at radius 3 is 2.67 bits per heavy atom. The number of aromatic nitrogens is 1. The molecule has 8 nitrogen and oxygen atoms in total. The fourth-order valence-electron chi connectivity index (χ4n) is 3.27. The van der Waals surface area contributed by atoms with Gasteiger partial charge in [0.15, 0.2) is 5.96 Å². The number of guanidine groups is 1. The number of allylic oxidation sites excluding steroid dienone is 2. The van der Waals surface area contributed by atoms with Gasteiger partial charge in [-0.05, 0) is 58.2 Å². The number of hydrogen-bond acceptors (Lipinski definition) is 5. The van der Waals surface area contributed by atoms with Crippen molar-refractivity contribution in [3.8, 4) is 6.07 Å². The molecule has 1 saturated heterocycles. The van der Waals surface area contributed by atoms with E-state index in [0.717, 1.165) is 18.4 Å². The highest BCUT2D eigenvalue weighted by molar-refractivity contribution is 5.91. The molecular weight excluding hydrogens is 380 g/mol. The van der Waals surface area contributed by atoms with Gasteiger partial charge in [-0.3, -0.25) is 4.98 Å². The molecule has 0 aromatic carbocycles. The Morgan fingerprint density at radius 2 is 2.07 bits per heavy atom. The second-order valence-electron chi connectivity index (χ2n) is 8.35. The Kier molecular flexibility index (Phi) is 6.40. The van der Waals surface area contributed by atoms with Gasteiger partial charge in [0.1, 0.15) is 17.2 Å². The zero-order valence-electron chi connectivity index (χ0n) is 17.9. The Hall–Kier alpha value is -3.34. The van der Waals surface area contributed by atoms with Crippen LogP contribution in [0, 0.1) is 11.3 Å². The van der Waals surface area contributed by atoms with Crippen molar-refractivity contribution in [3.05, 3.63) is 47.6 Å². The van der Waals surface area contributed by atoms with Crippen molar-refractivity contribution in [2.75, 3.05) is 13.1 Å². The van der Waals surface area contributed by atoms with Crippen LogP contribution in [-0.2, 0) is 4.74 Å². The maximum Gasteiger partial charge on any atom is 0.410 e. The summed E-state index contributed by atoms with van der Waals surface area (Å²) >= 11 is 0. The van der Waals surface area contributed by atoms with E-state index in [0.29, 0.717) is 36.0 Å². The van der Waals surface area contributed by atoms with Gasteiger partial charge in [-0.2, -0.15) is 5.26 Å². The maximum atomic E-state index is 12.2. The molecule has 30 heavy (non-hydrogen) atoms. The van der Waals surface area contributed by atoms with E-state index in [2.05, 4.69) is 21.7 Å². The molecule has 0 atom stereocenters. The lowest BCUT2D eigenvalue weighted by Crippen LogP contribution is -2.44. The minimum absolute atomic E-state index is 0.0760. The molecule has 2 aliphatic heterocycles. The number of amides is 1. The van der Waals surface area contributed by atoms with Crippen LogP contribution in [0.4, 0.5) is 4.79 Å². The molecule has 2 N–H and O–H groups in total. The third-order valence-electron chi connectivity index (χ3n) is 4.77. The van der Waals surface area contributed by atoms with Gasteiger partial charge in [-0.15, -0.1) is 0 Å². The first-order valence-corrected chi connectivity index (χ1v) is 10.1. The first kappa shape index (κ1) is 21.4. The molecular formula is C22H28N6O2. The lowest BCUT2D eigenvalue weighted by atomic mass is 10.0. The third kappa shape index (κ3) is 5.38. The summed E-state index contributed by atoms with van der Waals surface area (Å²) in [7, 11) is 0. The monoisotopic (exact) mass is 408 g/mol. The smallest absolute Gasteiger partial charge is 0.410 e. The van der Waals surface area contributed by atoms with E-state index >= 15 is 0 Å². The number of nitrogens with one attached hydrogen (secondary N) is 2. The minimum atomic E-state index is -0.497. The number of nitrogens with zero attached hydrogens (tertiary/aromatic N) is 4. The molecule has 1 aromatic rings. The van der Waals surface area contributed by atoms with Gasteiger partial charge in [-0.25, -0.2) is 9.79 Å². The van der Waals surface area contributed by atoms with E-state index in [1.807, 2.05) is 52.1 Å². The van der Waals surface area contributed by atoms with Crippen LogP contribution in [0.25, 0.3) is 5.57 Å². The predicted octanol–water partition coefficient (Wildman–Crippen LogP) is 3.17. The molecule has 1 aromatic heterocycles. The lowest BCUT2D eigenvalue weighted by Gasteiger charge is -2.32. The Labute approximate surface area is 177 Å². The number of carbonyl (C=O) groups is 1.